The van der Waals surface area contributed by atoms with Crippen LogP contribution in [0.25, 0.3) is 11.0 Å². The maximum absolute atomic E-state index is 12.0. The van der Waals surface area contributed by atoms with Crippen LogP contribution in [0.1, 0.15) is 29.0 Å². The summed E-state index contributed by atoms with van der Waals surface area (Å²) in [6, 6.07) is 4.93. The number of hydrogen-bond donors (Lipinski definition) is 2. The van der Waals surface area contributed by atoms with Gasteiger partial charge in [-0.05, 0) is 31.5 Å². The number of carbonyl (C=O) groups excluding carboxylic acids is 1. The van der Waals surface area contributed by atoms with Crippen LogP contribution < -0.4 is 5.32 Å². The van der Waals surface area contributed by atoms with Crippen LogP contribution in [0.2, 0.25) is 0 Å². The topological polar surface area (TPSA) is 57.8 Å². The van der Waals surface area contributed by atoms with Gasteiger partial charge in [0.25, 0.3) is 5.91 Å². The van der Waals surface area contributed by atoms with Gasteiger partial charge in [-0.3, -0.25) is 4.79 Å². The summed E-state index contributed by atoms with van der Waals surface area (Å²) >= 11 is 0. The monoisotopic (exact) mass is 285 g/mol. The number of imidazole rings is 1. The van der Waals surface area contributed by atoms with Crippen LogP contribution in [-0.4, -0.2) is 28.6 Å². The molecule has 108 valence electrons. The Balaban J connectivity index is 1.94. The van der Waals surface area contributed by atoms with Crippen LogP contribution >= 0.6 is 0 Å². The SMILES string of the molecule is Cc1nc2ccc(C(=O)NCCCC(F)(F)F)cc2[nH]1. The lowest BCUT2D eigenvalue weighted by atomic mass is 10.2. The van der Waals surface area contributed by atoms with Gasteiger partial charge < -0.3 is 10.3 Å². The highest BCUT2D eigenvalue weighted by atomic mass is 19.4. The molecular weight excluding hydrogens is 271 g/mol. The van der Waals surface area contributed by atoms with Gasteiger partial charge in [0.15, 0.2) is 0 Å². The number of nitrogens with one attached hydrogen (secondary N) is 2. The predicted octanol–water partition coefficient (Wildman–Crippen LogP) is 2.94. The second kappa shape index (κ2) is 5.52. The van der Waals surface area contributed by atoms with Gasteiger partial charge in [0.05, 0.1) is 11.0 Å². The molecule has 0 aliphatic heterocycles. The summed E-state index contributed by atoms with van der Waals surface area (Å²) < 4.78 is 35.9. The van der Waals surface area contributed by atoms with E-state index in [2.05, 4.69) is 15.3 Å². The van der Waals surface area contributed by atoms with Gasteiger partial charge in [0, 0.05) is 18.5 Å². The molecule has 7 heteroatoms. The number of alkyl halides is 3. The maximum atomic E-state index is 12.0. The van der Waals surface area contributed by atoms with E-state index in [-0.39, 0.29) is 18.9 Å². The van der Waals surface area contributed by atoms with Gasteiger partial charge in [-0.2, -0.15) is 13.2 Å². The van der Waals surface area contributed by atoms with Gasteiger partial charge >= 0.3 is 6.18 Å². The number of nitrogens with zero attached hydrogens (tertiary/aromatic N) is 1. The van der Waals surface area contributed by atoms with Crippen LogP contribution in [0.4, 0.5) is 13.2 Å². The summed E-state index contributed by atoms with van der Waals surface area (Å²) in [5.74, 6) is 0.351. The molecule has 20 heavy (non-hydrogen) atoms. The first-order valence-corrected chi connectivity index (χ1v) is 6.16. The van der Waals surface area contributed by atoms with Gasteiger partial charge in [0.2, 0.25) is 0 Å². The van der Waals surface area contributed by atoms with E-state index in [0.29, 0.717) is 5.56 Å². The number of benzene rings is 1. The standard InChI is InChI=1S/C13H14F3N3O/c1-8-18-10-4-3-9(7-11(10)19-8)12(20)17-6-2-5-13(14,15)16/h3-4,7H,2,5-6H2,1H3,(H,17,20)(H,18,19). The Hall–Kier alpha value is -2.05. The number of hydrogen-bond acceptors (Lipinski definition) is 2. The molecular formula is C13H14F3N3O. The number of H-pyrrole nitrogens is 1. The number of aromatic amines is 1. The summed E-state index contributed by atoms with van der Waals surface area (Å²) in [5.41, 5.74) is 1.87. The number of amides is 1. The fraction of sp³-hybridized carbons (Fsp3) is 0.385. The minimum Gasteiger partial charge on any atom is -0.352 e. The molecule has 0 spiro atoms. The zero-order valence-electron chi connectivity index (χ0n) is 10.8. The number of rotatable bonds is 4. The van der Waals surface area contributed by atoms with E-state index < -0.39 is 12.6 Å². The van der Waals surface area contributed by atoms with E-state index in [0.717, 1.165) is 16.9 Å². The van der Waals surface area contributed by atoms with Crippen LogP contribution in [0.3, 0.4) is 0 Å². The first kappa shape index (κ1) is 14.4. The normalized spacial score (nSPS) is 11.8. The molecule has 1 amide bonds. The first-order valence-electron chi connectivity index (χ1n) is 6.16. The molecule has 0 bridgehead atoms. The van der Waals surface area contributed by atoms with Crippen molar-refractivity contribution < 1.29 is 18.0 Å². The Morgan fingerprint density at radius 3 is 2.85 bits per heavy atom. The molecule has 0 saturated heterocycles. The van der Waals surface area contributed by atoms with Crippen molar-refractivity contribution in [3.63, 3.8) is 0 Å². The summed E-state index contributed by atoms with van der Waals surface area (Å²) in [6.45, 7) is 1.80. The molecule has 1 aromatic heterocycles. The summed E-state index contributed by atoms with van der Waals surface area (Å²) in [7, 11) is 0. The van der Waals surface area contributed by atoms with Crippen LogP contribution in [-0.2, 0) is 0 Å². The smallest absolute Gasteiger partial charge is 0.352 e. The number of aromatic nitrogens is 2. The number of fused-ring (bicyclic) bond motifs is 1. The van der Waals surface area contributed by atoms with Crippen LogP contribution in [0.15, 0.2) is 18.2 Å². The lowest BCUT2D eigenvalue weighted by molar-refractivity contribution is -0.135. The van der Waals surface area contributed by atoms with E-state index in [1.165, 1.54) is 0 Å². The molecule has 0 radical (unpaired) electrons. The van der Waals surface area contributed by atoms with Crippen molar-refractivity contribution in [2.45, 2.75) is 25.9 Å². The number of aryl methyl sites for hydroxylation is 1. The summed E-state index contributed by atoms with van der Waals surface area (Å²) in [4.78, 5) is 19.0. The Labute approximate surface area is 113 Å². The van der Waals surface area contributed by atoms with Crippen LogP contribution in [0.5, 0.6) is 0 Å². The zero-order valence-corrected chi connectivity index (χ0v) is 10.8. The Kier molecular flexibility index (Phi) is 3.96. The molecule has 0 aliphatic carbocycles. The lowest BCUT2D eigenvalue weighted by Crippen LogP contribution is -2.25. The molecule has 2 aromatic rings. The van der Waals surface area contributed by atoms with Gasteiger partial charge in [-0.1, -0.05) is 0 Å². The molecule has 2 rings (SSSR count). The van der Waals surface area contributed by atoms with Crippen LogP contribution in [0, 0.1) is 6.92 Å². The van der Waals surface area contributed by atoms with Crippen molar-refractivity contribution in [1.82, 2.24) is 15.3 Å². The third-order valence-corrected chi connectivity index (χ3v) is 2.79. The summed E-state index contributed by atoms with van der Waals surface area (Å²) in [6.07, 6.45) is -5.20. The third kappa shape index (κ3) is 3.72. The van der Waals surface area contributed by atoms with Crippen molar-refractivity contribution in [1.29, 1.82) is 0 Å². The zero-order chi connectivity index (χ0) is 14.8. The largest absolute Gasteiger partial charge is 0.389 e. The van der Waals surface area contributed by atoms with E-state index in [9.17, 15) is 18.0 Å². The van der Waals surface area contributed by atoms with E-state index >= 15 is 0 Å². The Morgan fingerprint density at radius 2 is 2.15 bits per heavy atom. The molecule has 4 nitrogen and oxygen atoms in total. The predicted molar refractivity (Wildman–Crippen MR) is 68.5 cm³/mol. The number of halogens is 3. The summed E-state index contributed by atoms with van der Waals surface area (Å²) in [5, 5.41) is 2.47. The average Bonchev–Trinajstić information content (AvgIpc) is 2.72. The highest BCUT2D eigenvalue weighted by molar-refractivity contribution is 5.97. The molecule has 0 aliphatic rings. The molecule has 2 N–H and O–H groups in total. The van der Waals surface area contributed by atoms with E-state index in [1.807, 2.05) is 0 Å². The Morgan fingerprint density at radius 1 is 1.40 bits per heavy atom. The Bertz CT molecular complexity index is 619. The van der Waals surface area contributed by atoms with Crippen molar-refractivity contribution in [2.24, 2.45) is 0 Å². The van der Waals surface area contributed by atoms with E-state index in [4.69, 9.17) is 0 Å². The van der Waals surface area contributed by atoms with Gasteiger partial charge in [-0.25, -0.2) is 4.98 Å². The maximum Gasteiger partial charge on any atom is 0.389 e. The molecule has 0 atom stereocenters. The fourth-order valence-corrected chi connectivity index (χ4v) is 1.87. The van der Waals surface area contributed by atoms with Gasteiger partial charge in [-0.15, -0.1) is 0 Å². The minimum absolute atomic E-state index is 0.00160. The van der Waals surface area contributed by atoms with Crippen molar-refractivity contribution in [3.05, 3.63) is 29.6 Å². The molecule has 0 unspecified atom stereocenters. The van der Waals surface area contributed by atoms with Gasteiger partial charge in [0.1, 0.15) is 5.82 Å². The number of carbonyl (C=O) groups is 1. The quantitative estimate of drug-likeness (QED) is 0.848. The lowest BCUT2D eigenvalue weighted by Gasteiger charge is -2.07. The minimum atomic E-state index is -4.18. The highest BCUT2D eigenvalue weighted by Gasteiger charge is 2.26. The second-order valence-electron chi connectivity index (χ2n) is 4.53. The average molecular weight is 285 g/mol. The third-order valence-electron chi connectivity index (χ3n) is 2.79. The second-order valence-corrected chi connectivity index (χ2v) is 4.53. The first-order chi connectivity index (χ1) is 9.35. The van der Waals surface area contributed by atoms with E-state index in [1.54, 1.807) is 25.1 Å². The molecule has 1 aromatic carbocycles. The van der Waals surface area contributed by atoms with Crippen molar-refractivity contribution in [3.8, 4) is 0 Å². The van der Waals surface area contributed by atoms with Crippen molar-refractivity contribution in [2.75, 3.05) is 6.54 Å². The molecule has 0 saturated carbocycles. The fourth-order valence-electron chi connectivity index (χ4n) is 1.87. The van der Waals surface area contributed by atoms with Crippen molar-refractivity contribution >= 4 is 16.9 Å². The molecule has 0 fully saturated rings. The highest BCUT2D eigenvalue weighted by Crippen LogP contribution is 2.20. The molecule has 1 heterocycles.